The highest BCUT2D eigenvalue weighted by atomic mass is 16.5. The molecule has 1 spiro atoms. The van der Waals surface area contributed by atoms with Crippen molar-refractivity contribution in [1.82, 2.24) is 0 Å². The molecule has 0 saturated heterocycles. The molecule has 8 aromatic carbocycles. The van der Waals surface area contributed by atoms with Gasteiger partial charge in [0.1, 0.15) is 11.5 Å². The summed E-state index contributed by atoms with van der Waals surface area (Å²) in [5.74, 6) is 1.79. The number of anilines is 3. The molecule has 0 bridgehead atoms. The third-order valence-corrected chi connectivity index (χ3v) is 10.5. The lowest BCUT2D eigenvalue weighted by atomic mass is 9.66. The molecule has 0 saturated carbocycles. The second-order valence-corrected chi connectivity index (χ2v) is 13.3. The Morgan fingerprint density at radius 2 is 0.804 bits per heavy atom. The molecule has 1 aliphatic carbocycles. The van der Waals surface area contributed by atoms with Gasteiger partial charge in [-0.05, 0) is 99.1 Å². The lowest BCUT2D eigenvalue weighted by Crippen LogP contribution is -2.32. The van der Waals surface area contributed by atoms with Crippen LogP contribution >= 0.6 is 0 Å². The molecule has 8 aromatic rings. The topological polar surface area (TPSA) is 12.5 Å². The highest BCUT2D eigenvalue weighted by molar-refractivity contribution is 5.92. The van der Waals surface area contributed by atoms with Crippen molar-refractivity contribution in [3.63, 3.8) is 0 Å². The third kappa shape index (κ3) is 4.57. The summed E-state index contributed by atoms with van der Waals surface area (Å²) in [4.78, 5) is 2.41. The highest BCUT2D eigenvalue weighted by Crippen LogP contribution is 2.62. The fraction of sp³-hybridized carbons (Fsp3) is 0.0204. The number of para-hydroxylation sites is 3. The van der Waals surface area contributed by atoms with Crippen molar-refractivity contribution in [1.29, 1.82) is 0 Å². The van der Waals surface area contributed by atoms with Crippen LogP contribution in [-0.4, -0.2) is 0 Å². The molecular weight excluding hydrogens is 619 g/mol. The Labute approximate surface area is 298 Å². The zero-order valence-corrected chi connectivity index (χ0v) is 27.9. The summed E-state index contributed by atoms with van der Waals surface area (Å²) in [5.41, 5.74) is 14.8. The first-order valence-corrected chi connectivity index (χ1v) is 17.5. The molecule has 240 valence electrons. The van der Waals surface area contributed by atoms with Crippen molar-refractivity contribution in [2.75, 3.05) is 4.90 Å². The zero-order valence-electron chi connectivity index (χ0n) is 27.9. The third-order valence-electron chi connectivity index (χ3n) is 10.5. The number of hydrogen-bond donors (Lipinski definition) is 0. The van der Waals surface area contributed by atoms with E-state index in [1.165, 1.54) is 44.5 Å². The van der Waals surface area contributed by atoms with Gasteiger partial charge < -0.3 is 9.64 Å². The molecule has 1 heterocycles. The fourth-order valence-corrected chi connectivity index (χ4v) is 8.34. The van der Waals surface area contributed by atoms with Crippen molar-refractivity contribution < 1.29 is 4.74 Å². The fourth-order valence-electron chi connectivity index (χ4n) is 8.34. The molecule has 0 fully saturated rings. The van der Waals surface area contributed by atoms with E-state index in [9.17, 15) is 0 Å². The lowest BCUT2D eigenvalue weighted by molar-refractivity contribution is 0.436. The summed E-state index contributed by atoms with van der Waals surface area (Å²) in [6.45, 7) is 0. The summed E-state index contributed by atoms with van der Waals surface area (Å²) in [7, 11) is 0. The average Bonchev–Trinajstić information content (AvgIpc) is 3.49. The van der Waals surface area contributed by atoms with Gasteiger partial charge in [-0.2, -0.15) is 0 Å². The first-order valence-electron chi connectivity index (χ1n) is 17.5. The first kappa shape index (κ1) is 29.3. The number of benzene rings is 8. The molecule has 2 aliphatic rings. The Hall–Kier alpha value is -6.64. The first-order chi connectivity index (χ1) is 25.3. The molecular formula is C49H33NO. The van der Waals surface area contributed by atoms with Crippen LogP contribution in [0.1, 0.15) is 22.3 Å². The van der Waals surface area contributed by atoms with Crippen LogP contribution in [-0.2, 0) is 5.41 Å². The Balaban J connectivity index is 1.26. The van der Waals surface area contributed by atoms with Crippen molar-refractivity contribution >= 4 is 17.1 Å². The van der Waals surface area contributed by atoms with Crippen LogP contribution in [0, 0.1) is 0 Å². The summed E-state index contributed by atoms with van der Waals surface area (Å²) < 4.78 is 6.61. The highest BCUT2D eigenvalue weighted by Gasteiger charge is 2.51. The number of ether oxygens (including phenoxy) is 1. The van der Waals surface area contributed by atoms with Crippen LogP contribution in [0.3, 0.4) is 0 Å². The van der Waals surface area contributed by atoms with Crippen LogP contribution in [0.25, 0.3) is 33.4 Å². The van der Waals surface area contributed by atoms with E-state index >= 15 is 0 Å². The molecule has 10 rings (SSSR count). The van der Waals surface area contributed by atoms with Gasteiger partial charge in [-0.1, -0.05) is 146 Å². The second kappa shape index (κ2) is 11.8. The molecule has 2 heteroatoms. The minimum absolute atomic E-state index is 0.545. The monoisotopic (exact) mass is 651 g/mol. The van der Waals surface area contributed by atoms with Crippen LogP contribution in [0.5, 0.6) is 11.5 Å². The maximum Gasteiger partial charge on any atom is 0.132 e. The summed E-state index contributed by atoms with van der Waals surface area (Å²) in [6.07, 6.45) is 0. The van der Waals surface area contributed by atoms with Gasteiger partial charge in [-0.3, -0.25) is 0 Å². The van der Waals surface area contributed by atoms with Gasteiger partial charge >= 0.3 is 0 Å². The van der Waals surface area contributed by atoms with E-state index in [2.05, 4.69) is 205 Å². The second-order valence-electron chi connectivity index (χ2n) is 13.3. The number of rotatable bonds is 5. The molecule has 51 heavy (non-hydrogen) atoms. The minimum atomic E-state index is -0.545. The summed E-state index contributed by atoms with van der Waals surface area (Å²) in [6, 6.07) is 72.1. The summed E-state index contributed by atoms with van der Waals surface area (Å²) >= 11 is 0. The van der Waals surface area contributed by atoms with Gasteiger partial charge in [0, 0.05) is 28.2 Å². The van der Waals surface area contributed by atoms with Gasteiger partial charge in [0.2, 0.25) is 0 Å². The smallest absolute Gasteiger partial charge is 0.132 e. The largest absolute Gasteiger partial charge is 0.457 e. The van der Waals surface area contributed by atoms with E-state index < -0.39 is 5.41 Å². The van der Waals surface area contributed by atoms with Crippen LogP contribution < -0.4 is 9.64 Å². The average molecular weight is 652 g/mol. The van der Waals surface area contributed by atoms with Crippen molar-refractivity contribution in [2.24, 2.45) is 0 Å². The Morgan fingerprint density at radius 3 is 1.41 bits per heavy atom. The van der Waals surface area contributed by atoms with Gasteiger partial charge in [0.25, 0.3) is 0 Å². The van der Waals surface area contributed by atoms with E-state index in [1.54, 1.807) is 0 Å². The molecule has 0 radical (unpaired) electrons. The SMILES string of the molecule is c1ccc(-c2cc(-c3ccccc3)cc(N(c3ccccc3)c3ccc4c(c3)C3(c5ccccc5Oc5ccccc53)c3ccccc3-4)c2)cc1. The van der Waals surface area contributed by atoms with Crippen LogP contribution in [0.4, 0.5) is 17.1 Å². The van der Waals surface area contributed by atoms with Crippen LogP contribution in [0.2, 0.25) is 0 Å². The molecule has 0 amide bonds. The minimum Gasteiger partial charge on any atom is -0.457 e. The van der Waals surface area contributed by atoms with Gasteiger partial charge in [-0.25, -0.2) is 0 Å². The molecule has 0 unspecified atom stereocenters. The maximum atomic E-state index is 6.61. The number of fused-ring (bicyclic) bond motifs is 9. The zero-order chi connectivity index (χ0) is 33.8. The van der Waals surface area contributed by atoms with E-state index in [-0.39, 0.29) is 0 Å². The van der Waals surface area contributed by atoms with Gasteiger partial charge in [0.15, 0.2) is 0 Å². The van der Waals surface area contributed by atoms with Crippen molar-refractivity contribution in [3.05, 3.63) is 222 Å². The predicted molar refractivity (Wildman–Crippen MR) is 209 cm³/mol. The van der Waals surface area contributed by atoms with Gasteiger partial charge in [0.05, 0.1) is 5.41 Å². The van der Waals surface area contributed by atoms with E-state index in [0.29, 0.717) is 0 Å². The predicted octanol–water partition coefficient (Wildman–Crippen LogP) is 13.0. The quantitative estimate of drug-likeness (QED) is 0.184. The van der Waals surface area contributed by atoms with Gasteiger partial charge in [-0.15, -0.1) is 0 Å². The number of hydrogen-bond acceptors (Lipinski definition) is 2. The molecule has 0 N–H and O–H groups in total. The van der Waals surface area contributed by atoms with E-state index in [1.807, 2.05) is 0 Å². The van der Waals surface area contributed by atoms with Crippen molar-refractivity contribution in [3.8, 4) is 44.9 Å². The maximum absolute atomic E-state index is 6.61. The Morgan fingerprint density at radius 1 is 0.314 bits per heavy atom. The normalized spacial score (nSPS) is 13.0. The number of nitrogens with zero attached hydrogens (tertiary/aromatic N) is 1. The standard InChI is InChI=1S/C49H33NO/c1-4-16-34(17-5-1)36-30-37(35-18-6-2-7-19-35)32-40(31-36)50(38-20-8-3-9-21-38)39-28-29-42-41-22-10-11-23-43(41)49(46(42)33-39)44-24-12-14-26-47(44)51-48-27-15-13-25-45(48)49/h1-33H. The molecule has 0 aromatic heterocycles. The van der Waals surface area contributed by atoms with E-state index in [0.717, 1.165) is 39.7 Å². The Kier molecular flexibility index (Phi) is 6.75. The molecule has 1 aliphatic heterocycles. The molecule has 2 nitrogen and oxygen atoms in total. The van der Waals surface area contributed by atoms with Crippen molar-refractivity contribution in [2.45, 2.75) is 5.41 Å². The Bertz CT molecular complexity index is 2450. The van der Waals surface area contributed by atoms with Crippen LogP contribution in [0.15, 0.2) is 200 Å². The molecule has 0 atom stereocenters. The summed E-state index contributed by atoms with van der Waals surface area (Å²) in [5, 5.41) is 0. The lowest BCUT2D eigenvalue weighted by Gasteiger charge is -2.39. The van der Waals surface area contributed by atoms with E-state index in [4.69, 9.17) is 4.74 Å².